The van der Waals surface area contributed by atoms with Gasteiger partial charge in [-0.3, -0.25) is 4.68 Å². The molecule has 2 aromatic carbocycles. The van der Waals surface area contributed by atoms with Crippen molar-refractivity contribution in [3.8, 4) is 11.3 Å². The zero-order chi connectivity index (χ0) is 17.6. The van der Waals surface area contributed by atoms with E-state index >= 15 is 0 Å². The number of halogens is 1. The largest absolute Gasteiger partial charge is 0.370 e. The summed E-state index contributed by atoms with van der Waals surface area (Å²) in [5.41, 5.74) is 11.3. The molecule has 0 bridgehead atoms. The Morgan fingerprint density at radius 2 is 1.92 bits per heavy atom. The number of guanidine groups is 1. The zero-order valence-electron chi connectivity index (χ0n) is 15.0. The van der Waals surface area contributed by atoms with E-state index in [0.717, 1.165) is 28.9 Å². The number of aromatic nitrogens is 2. The van der Waals surface area contributed by atoms with Crippen molar-refractivity contribution in [2.24, 2.45) is 17.8 Å². The average Bonchev–Trinajstić information content (AvgIpc) is 3.01. The van der Waals surface area contributed by atoms with Crippen molar-refractivity contribution in [1.29, 1.82) is 0 Å². The molecule has 0 atom stereocenters. The maximum atomic E-state index is 6.05. The molecule has 0 spiro atoms. The Bertz CT molecular complexity index is 871. The summed E-state index contributed by atoms with van der Waals surface area (Å²) in [6.07, 6.45) is 2.97. The van der Waals surface area contributed by atoms with E-state index in [1.807, 2.05) is 60.4 Å². The van der Waals surface area contributed by atoms with Gasteiger partial charge in [-0.15, -0.1) is 24.0 Å². The Hall–Kier alpha value is -2.35. The molecule has 0 fully saturated rings. The van der Waals surface area contributed by atoms with E-state index in [9.17, 15) is 0 Å². The van der Waals surface area contributed by atoms with E-state index in [1.165, 1.54) is 5.56 Å². The second-order valence-corrected chi connectivity index (χ2v) is 5.92. The van der Waals surface area contributed by atoms with Gasteiger partial charge in [-0.05, 0) is 24.1 Å². The number of nitrogens with two attached hydrogens (primary N) is 1. The van der Waals surface area contributed by atoms with Gasteiger partial charge in [0.25, 0.3) is 0 Å². The predicted octanol–water partition coefficient (Wildman–Crippen LogP) is 4.19. The van der Waals surface area contributed by atoms with Crippen LogP contribution in [0.5, 0.6) is 0 Å². The molecule has 0 saturated carbocycles. The van der Waals surface area contributed by atoms with Gasteiger partial charge in [0.15, 0.2) is 5.96 Å². The molecule has 3 rings (SSSR count). The summed E-state index contributed by atoms with van der Waals surface area (Å²) < 4.78 is 1.81. The summed E-state index contributed by atoms with van der Waals surface area (Å²) >= 11 is 0. The molecule has 0 aliphatic heterocycles. The molecule has 0 aliphatic rings. The molecular weight excluding hydrogens is 437 g/mol. The van der Waals surface area contributed by atoms with Gasteiger partial charge in [-0.2, -0.15) is 5.10 Å². The number of aryl methyl sites for hydroxylation is 2. The van der Waals surface area contributed by atoms with Gasteiger partial charge in [0.05, 0.1) is 12.2 Å². The second kappa shape index (κ2) is 9.38. The fourth-order valence-corrected chi connectivity index (χ4v) is 2.72. The number of benzene rings is 2. The first-order valence-corrected chi connectivity index (χ1v) is 8.39. The molecule has 5 nitrogen and oxygen atoms in total. The molecule has 136 valence electrons. The number of anilines is 1. The molecule has 6 heteroatoms. The molecule has 26 heavy (non-hydrogen) atoms. The van der Waals surface area contributed by atoms with Crippen LogP contribution in [0.3, 0.4) is 0 Å². The van der Waals surface area contributed by atoms with Crippen LogP contribution in [-0.2, 0) is 20.0 Å². The van der Waals surface area contributed by atoms with Crippen LogP contribution < -0.4 is 11.1 Å². The van der Waals surface area contributed by atoms with E-state index in [0.29, 0.717) is 12.5 Å². The number of hydrogen-bond donors (Lipinski definition) is 2. The maximum Gasteiger partial charge on any atom is 0.193 e. The maximum absolute atomic E-state index is 6.05. The quantitative estimate of drug-likeness (QED) is 0.340. The van der Waals surface area contributed by atoms with Gasteiger partial charge in [0, 0.05) is 30.1 Å². The third kappa shape index (κ3) is 5.08. The molecule has 1 heterocycles. The minimum Gasteiger partial charge on any atom is -0.370 e. The molecule has 0 saturated heterocycles. The smallest absolute Gasteiger partial charge is 0.193 e. The molecular formula is C20H24IN5. The molecule has 3 N–H and O–H groups in total. The monoisotopic (exact) mass is 461 g/mol. The van der Waals surface area contributed by atoms with Gasteiger partial charge in [0.2, 0.25) is 0 Å². The van der Waals surface area contributed by atoms with Crippen LogP contribution in [0, 0.1) is 0 Å². The first-order valence-electron chi connectivity index (χ1n) is 8.39. The third-order valence-electron chi connectivity index (χ3n) is 3.98. The molecule has 0 unspecified atom stereocenters. The Labute approximate surface area is 171 Å². The van der Waals surface area contributed by atoms with E-state index in [-0.39, 0.29) is 24.0 Å². The average molecular weight is 461 g/mol. The fraction of sp³-hybridized carbons (Fsp3) is 0.200. The topological polar surface area (TPSA) is 68.2 Å². The number of rotatable bonds is 5. The highest BCUT2D eigenvalue weighted by Gasteiger charge is 2.09. The lowest BCUT2D eigenvalue weighted by Crippen LogP contribution is -2.22. The minimum absolute atomic E-state index is 0. The van der Waals surface area contributed by atoms with Crippen molar-refractivity contribution in [2.45, 2.75) is 19.9 Å². The van der Waals surface area contributed by atoms with Crippen LogP contribution in [0.2, 0.25) is 0 Å². The van der Waals surface area contributed by atoms with Gasteiger partial charge in [-0.25, -0.2) is 4.99 Å². The summed E-state index contributed by atoms with van der Waals surface area (Å²) in [6.45, 7) is 2.61. The van der Waals surface area contributed by atoms with Crippen molar-refractivity contribution in [2.75, 3.05) is 5.32 Å². The lowest BCUT2D eigenvalue weighted by Gasteiger charge is -2.07. The van der Waals surface area contributed by atoms with Crippen molar-refractivity contribution in [1.82, 2.24) is 9.78 Å². The van der Waals surface area contributed by atoms with Crippen LogP contribution in [0.4, 0.5) is 5.69 Å². The first kappa shape index (κ1) is 20.0. The number of nitrogens with zero attached hydrogens (tertiary/aromatic N) is 3. The summed E-state index contributed by atoms with van der Waals surface area (Å²) in [5.74, 6) is 0.399. The number of aliphatic imine (C=N–C) groups is 1. The Morgan fingerprint density at radius 3 is 2.65 bits per heavy atom. The van der Waals surface area contributed by atoms with Gasteiger partial charge >= 0.3 is 0 Å². The van der Waals surface area contributed by atoms with Gasteiger partial charge in [-0.1, -0.05) is 49.4 Å². The van der Waals surface area contributed by atoms with Crippen molar-refractivity contribution in [3.05, 3.63) is 71.9 Å². The van der Waals surface area contributed by atoms with Crippen molar-refractivity contribution in [3.63, 3.8) is 0 Å². The summed E-state index contributed by atoms with van der Waals surface area (Å²) in [6, 6.07) is 18.3. The normalized spacial score (nSPS) is 11.1. The standard InChI is InChI=1S/C20H23N5.HI/c1-3-15-8-7-11-18(12-15)23-20(21)22-13-17-14-25(2)24-19(17)16-9-5-4-6-10-16;/h4-12,14H,3,13H2,1-2H3,(H3,21,22,23);1H. The predicted molar refractivity (Wildman–Crippen MR) is 119 cm³/mol. The third-order valence-corrected chi connectivity index (χ3v) is 3.98. The molecule has 0 amide bonds. The van der Waals surface area contributed by atoms with Gasteiger partial charge in [0.1, 0.15) is 0 Å². The molecule has 0 radical (unpaired) electrons. The van der Waals surface area contributed by atoms with Crippen molar-refractivity contribution < 1.29 is 0 Å². The van der Waals surface area contributed by atoms with Crippen LogP contribution in [0.1, 0.15) is 18.1 Å². The highest BCUT2D eigenvalue weighted by Crippen LogP contribution is 2.22. The Balaban J connectivity index is 0.00000243. The SMILES string of the molecule is CCc1cccc(NC(N)=NCc2cn(C)nc2-c2ccccc2)c1.I. The first-order chi connectivity index (χ1) is 12.2. The van der Waals surface area contributed by atoms with Crippen LogP contribution >= 0.6 is 24.0 Å². The summed E-state index contributed by atoms with van der Waals surface area (Å²) in [5, 5.41) is 7.71. The Morgan fingerprint density at radius 1 is 1.15 bits per heavy atom. The molecule has 0 aliphatic carbocycles. The van der Waals surface area contributed by atoms with Crippen LogP contribution in [-0.4, -0.2) is 15.7 Å². The number of hydrogen-bond acceptors (Lipinski definition) is 2. The Kier molecular flexibility index (Phi) is 7.20. The highest BCUT2D eigenvalue weighted by atomic mass is 127. The highest BCUT2D eigenvalue weighted by molar-refractivity contribution is 14.0. The molecule has 1 aromatic heterocycles. The van der Waals surface area contributed by atoms with Crippen LogP contribution in [0.25, 0.3) is 11.3 Å². The second-order valence-electron chi connectivity index (χ2n) is 5.92. The zero-order valence-corrected chi connectivity index (χ0v) is 17.3. The van der Waals surface area contributed by atoms with E-state index in [1.54, 1.807) is 0 Å². The van der Waals surface area contributed by atoms with Crippen LogP contribution in [0.15, 0.2) is 65.8 Å². The molecule has 3 aromatic rings. The fourth-order valence-electron chi connectivity index (χ4n) is 2.72. The lowest BCUT2D eigenvalue weighted by atomic mass is 10.1. The van der Waals surface area contributed by atoms with Gasteiger partial charge < -0.3 is 11.1 Å². The van der Waals surface area contributed by atoms with E-state index in [4.69, 9.17) is 5.73 Å². The van der Waals surface area contributed by atoms with E-state index in [2.05, 4.69) is 34.5 Å². The van der Waals surface area contributed by atoms with Crippen molar-refractivity contribution >= 4 is 35.6 Å². The minimum atomic E-state index is 0. The summed E-state index contributed by atoms with van der Waals surface area (Å²) in [4.78, 5) is 4.47. The number of nitrogens with one attached hydrogen (secondary N) is 1. The lowest BCUT2D eigenvalue weighted by molar-refractivity contribution is 0.769. The van der Waals surface area contributed by atoms with E-state index < -0.39 is 0 Å². The summed E-state index contributed by atoms with van der Waals surface area (Å²) in [7, 11) is 1.91.